The van der Waals surface area contributed by atoms with Crippen molar-refractivity contribution >= 4 is 11.6 Å². The number of nitrogens with zero attached hydrogens (tertiary/aromatic N) is 2. The maximum absolute atomic E-state index is 11.8. The second-order valence-electron chi connectivity index (χ2n) is 5.15. The van der Waals surface area contributed by atoms with Gasteiger partial charge in [0.15, 0.2) is 0 Å². The number of rotatable bonds is 5. The molecule has 0 radical (unpaired) electrons. The molecule has 0 aliphatic heterocycles. The SMILES string of the molecule is CC(C)C[C@@H](N)C(=O)NCc1cn2ccccc2n1. The standard InChI is InChI=1S/C14H20N4O/c1-10(2)7-12(15)14(19)16-8-11-9-18-6-4-3-5-13(18)17-11/h3-6,9-10,12H,7-8,15H2,1-2H3,(H,16,19)/t12-/m1/s1. The Morgan fingerprint density at radius 1 is 1.47 bits per heavy atom. The van der Waals surface area contributed by atoms with Crippen LogP contribution in [0.2, 0.25) is 0 Å². The van der Waals surface area contributed by atoms with E-state index >= 15 is 0 Å². The van der Waals surface area contributed by atoms with Crippen LogP contribution in [0.3, 0.4) is 0 Å². The first kappa shape index (κ1) is 13.5. The highest BCUT2D eigenvalue weighted by atomic mass is 16.2. The number of nitrogens with one attached hydrogen (secondary N) is 1. The lowest BCUT2D eigenvalue weighted by molar-refractivity contribution is -0.122. The first-order chi connectivity index (χ1) is 9.06. The van der Waals surface area contributed by atoms with E-state index in [0.717, 1.165) is 11.3 Å². The van der Waals surface area contributed by atoms with Gasteiger partial charge in [-0.2, -0.15) is 0 Å². The number of hydrogen-bond acceptors (Lipinski definition) is 3. The largest absolute Gasteiger partial charge is 0.349 e. The van der Waals surface area contributed by atoms with Gasteiger partial charge in [0.05, 0.1) is 18.3 Å². The van der Waals surface area contributed by atoms with E-state index in [4.69, 9.17) is 5.73 Å². The highest BCUT2D eigenvalue weighted by Crippen LogP contribution is 2.05. The first-order valence-corrected chi connectivity index (χ1v) is 6.52. The molecular formula is C14H20N4O. The fraction of sp³-hybridized carbons (Fsp3) is 0.429. The summed E-state index contributed by atoms with van der Waals surface area (Å²) in [5.41, 5.74) is 7.52. The van der Waals surface area contributed by atoms with Crippen LogP contribution in [0.1, 0.15) is 26.0 Å². The molecule has 0 saturated carbocycles. The molecule has 2 rings (SSSR count). The molecule has 0 aliphatic carbocycles. The number of aromatic nitrogens is 2. The van der Waals surface area contributed by atoms with Gasteiger partial charge in [-0.05, 0) is 24.5 Å². The fourth-order valence-corrected chi connectivity index (χ4v) is 2.00. The average molecular weight is 260 g/mol. The summed E-state index contributed by atoms with van der Waals surface area (Å²) < 4.78 is 1.93. The molecule has 3 N–H and O–H groups in total. The van der Waals surface area contributed by atoms with Crippen molar-refractivity contribution in [2.24, 2.45) is 11.7 Å². The van der Waals surface area contributed by atoms with Crippen molar-refractivity contribution in [1.29, 1.82) is 0 Å². The molecule has 0 fully saturated rings. The van der Waals surface area contributed by atoms with E-state index in [-0.39, 0.29) is 5.91 Å². The lowest BCUT2D eigenvalue weighted by Gasteiger charge is -2.13. The van der Waals surface area contributed by atoms with E-state index in [2.05, 4.69) is 24.1 Å². The molecule has 0 unspecified atom stereocenters. The Labute approximate surface area is 112 Å². The van der Waals surface area contributed by atoms with Gasteiger partial charge in [0.2, 0.25) is 5.91 Å². The van der Waals surface area contributed by atoms with Crippen molar-refractivity contribution in [2.45, 2.75) is 32.9 Å². The predicted octanol–water partition coefficient (Wildman–Crippen LogP) is 1.32. The van der Waals surface area contributed by atoms with Gasteiger partial charge in [-0.25, -0.2) is 4.98 Å². The summed E-state index contributed by atoms with van der Waals surface area (Å²) in [6, 6.07) is 5.35. The van der Waals surface area contributed by atoms with Gasteiger partial charge in [0.25, 0.3) is 0 Å². The molecule has 0 saturated heterocycles. The predicted molar refractivity (Wildman–Crippen MR) is 74.5 cm³/mol. The zero-order valence-electron chi connectivity index (χ0n) is 11.3. The van der Waals surface area contributed by atoms with Gasteiger partial charge < -0.3 is 15.5 Å². The number of hydrogen-bond donors (Lipinski definition) is 2. The maximum atomic E-state index is 11.8. The van der Waals surface area contributed by atoms with Gasteiger partial charge in [0, 0.05) is 12.4 Å². The fourth-order valence-electron chi connectivity index (χ4n) is 2.00. The molecule has 0 aromatic carbocycles. The number of carbonyl (C=O) groups is 1. The molecule has 1 amide bonds. The topological polar surface area (TPSA) is 72.4 Å². The molecule has 0 spiro atoms. The van der Waals surface area contributed by atoms with E-state index in [1.807, 2.05) is 35.0 Å². The Bertz CT molecular complexity index is 528. The van der Waals surface area contributed by atoms with Gasteiger partial charge in [-0.15, -0.1) is 0 Å². The molecule has 2 heterocycles. The van der Waals surface area contributed by atoms with Crippen LogP contribution in [0, 0.1) is 5.92 Å². The van der Waals surface area contributed by atoms with E-state index in [1.54, 1.807) is 0 Å². The lowest BCUT2D eigenvalue weighted by atomic mass is 10.0. The molecule has 102 valence electrons. The second kappa shape index (κ2) is 5.84. The van der Waals surface area contributed by atoms with Crippen LogP contribution >= 0.6 is 0 Å². The molecule has 0 aliphatic rings. The lowest BCUT2D eigenvalue weighted by Crippen LogP contribution is -2.41. The summed E-state index contributed by atoms with van der Waals surface area (Å²) in [5.74, 6) is 0.293. The molecule has 5 heteroatoms. The molecule has 1 atom stereocenters. The van der Waals surface area contributed by atoms with Gasteiger partial charge in [0.1, 0.15) is 5.65 Å². The summed E-state index contributed by atoms with van der Waals surface area (Å²) >= 11 is 0. The third-order valence-corrected chi connectivity index (χ3v) is 2.92. The summed E-state index contributed by atoms with van der Waals surface area (Å²) in [5, 5.41) is 2.83. The van der Waals surface area contributed by atoms with Crippen molar-refractivity contribution in [3.05, 3.63) is 36.3 Å². The summed E-state index contributed by atoms with van der Waals surface area (Å²) in [4.78, 5) is 16.2. The van der Waals surface area contributed by atoms with Crippen LogP contribution in [0.4, 0.5) is 0 Å². The van der Waals surface area contributed by atoms with Crippen LogP contribution in [-0.2, 0) is 11.3 Å². The van der Waals surface area contributed by atoms with E-state index in [1.165, 1.54) is 0 Å². The van der Waals surface area contributed by atoms with Gasteiger partial charge >= 0.3 is 0 Å². The summed E-state index contributed by atoms with van der Waals surface area (Å²) in [6.45, 7) is 4.51. The van der Waals surface area contributed by atoms with Crippen LogP contribution < -0.4 is 11.1 Å². The summed E-state index contributed by atoms with van der Waals surface area (Å²) in [6.07, 6.45) is 4.53. The highest BCUT2D eigenvalue weighted by molar-refractivity contribution is 5.81. The van der Waals surface area contributed by atoms with Crippen molar-refractivity contribution < 1.29 is 4.79 Å². The van der Waals surface area contributed by atoms with Crippen LogP contribution in [0.5, 0.6) is 0 Å². The maximum Gasteiger partial charge on any atom is 0.237 e. The van der Waals surface area contributed by atoms with Crippen molar-refractivity contribution in [3.63, 3.8) is 0 Å². The van der Waals surface area contributed by atoms with Crippen molar-refractivity contribution in [2.75, 3.05) is 0 Å². The van der Waals surface area contributed by atoms with Crippen LogP contribution in [-0.4, -0.2) is 21.3 Å². The first-order valence-electron chi connectivity index (χ1n) is 6.52. The Balaban J connectivity index is 1.93. The zero-order valence-corrected chi connectivity index (χ0v) is 11.3. The minimum absolute atomic E-state index is 0.120. The van der Waals surface area contributed by atoms with Gasteiger partial charge in [-0.1, -0.05) is 19.9 Å². The molecule has 2 aromatic heterocycles. The Kier molecular flexibility index (Phi) is 4.16. The minimum atomic E-state index is -0.447. The quantitative estimate of drug-likeness (QED) is 0.851. The van der Waals surface area contributed by atoms with E-state index in [9.17, 15) is 4.79 Å². The Hall–Kier alpha value is -1.88. The second-order valence-corrected chi connectivity index (χ2v) is 5.15. The molecule has 19 heavy (non-hydrogen) atoms. The number of fused-ring (bicyclic) bond motifs is 1. The highest BCUT2D eigenvalue weighted by Gasteiger charge is 2.14. The Morgan fingerprint density at radius 2 is 2.26 bits per heavy atom. The molecule has 2 aromatic rings. The Morgan fingerprint density at radius 3 is 2.95 bits per heavy atom. The van der Waals surface area contributed by atoms with E-state index in [0.29, 0.717) is 18.9 Å². The number of amides is 1. The number of pyridine rings is 1. The van der Waals surface area contributed by atoms with Gasteiger partial charge in [-0.3, -0.25) is 4.79 Å². The number of imidazole rings is 1. The van der Waals surface area contributed by atoms with Crippen molar-refractivity contribution in [3.8, 4) is 0 Å². The molecule has 0 bridgehead atoms. The number of carbonyl (C=O) groups excluding carboxylic acids is 1. The third-order valence-electron chi connectivity index (χ3n) is 2.92. The van der Waals surface area contributed by atoms with Crippen LogP contribution in [0.15, 0.2) is 30.6 Å². The van der Waals surface area contributed by atoms with Crippen LogP contribution in [0.25, 0.3) is 5.65 Å². The smallest absolute Gasteiger partial charge is 0.237 e. The minimum Gasteiger partial charge on any atom is -0.349 e. The average Bonchev–Trinajstić information content (AvgIpc) is 2.77. The zero-order chi connectivity index (χ0) is 13.8. The van der Waals surface area contributed by atoms with E-state index < -0.39 is 6.04 Å². The molecular weight excluding hydrogens is 240 g/mol. The normalized spacial score (nSPS) is 12.8. The number of nitrogens with two attached hydrogens (primary N) is 1. The third kappa shape index (κ3) is 3.54. The monoisotopic (exact) mass is 260 g/mol. The van der Waals surface area contributed by atoms with Crippen molar-refractivity contribution in [1.82, 2.24) is 14.7 Å². The molecule has 5 nitrogen and oxygen atoms in total. The summed E-state index contributed by atoms with van der Waals surface area (Å²) in [7, 11) is 0.